The monoisotopic (exact) mass is 323 g/mol. The molecule has 1 aliphatic rings. The number of benzene rings is 1. The highest BCUT2D eigenvalue weighted by atomic mass is 35.5. The molecule has 0 saturated carbocycles. The second kappa shape index (κ2) is 8.49. The van der Waals surface area contributed by atoms with Crippen LogP contribution in [0.3, 0.4) is 0 Å². The van der Waals surface area contributed by atoms with Crippen LogP contribution in [0, 0.1) is 0 Å². The summed E-state index contributed by atoms with van der Waals surface area (Å²) in [6, 6.07) is 5.06. The lowest BCUT2D eigenvalue weighted by molar-refractivity contribution is -0.137. The topological polar surface area (TPSA) is 12.5 Å². The number of hydrogen-bond acceptors (Lipinski definition) is 2. The zero-order valence-electron chi connectivity index (χ0n) is 11.9. The first kappa shape index (κ1) is 18.1. The molecule has 1 fully saturated rings. The summed E-state index contributed by atoms with van der Waals surface area (Å²) in [6.45, 7) is 3.33. The Morgan fingerprint density at radius 1 is 1.05 bits per heavy atom. The molecule has 1 saturated heterocycles. The van der Waals surface area contributed by atoms with Gasteiger partial charge in [0.1, 0.15) is 12.4 Å². The summed E-state index contributed by atoms with van der Waals surface area (Å²) < 4.78 is 43.1. The Hall–Kier alpha value is -0.940. The lowest BCUT2D eigenvalue weighted by atomic mass is 10.2. The number of ether oxygens (including phenoxy) is 1. The molecule has 0 radical (unpaired) electrons. The van der Waals surface area contributed by atoms with Crippen molar-refractivity contribution in [1.82, 2.24) is 4.90 Å². The maximum atomic E-state index is 12.6. The minimum atomic E-state index is -4.32. The molecular formula is C15H21ClF3NO. The van der Waals surface area contributed by atoms with E-state index in [0.717, 1.165) is 31.8 Å². The molecule has 1 aromatic rings. The molecule has 0 unspecified atom stereocenters. The Balaban J connectivity index is 0.00000220. The van der Waals surface area contributed by atoms with Crippen LogP contribution in [0.2, 0.25) is 0 Å². The second-order valence-corrected chi connectivity index (χ2v) is 5.13. The van der Waals surface area contributed by atoms with Crippen LogP contribution in [-0.2, 0) is 6.18 Å². The molecule has 2 rings (SSSR count). The van der Waals surface area contributed by atoms with E-state index in [0.29, 0.717) is 6.61 Å². The Morgan fingerprint density at radius 3 is 2.33 bits per heavy atom. The Labute approximate surface area is 129 Å². The maximum absolute atomic E-state index is 12.6. The van der Waals surface area contributed by atoms with Crippen LogP contribution in [0.25, 0.3) is 0 Å². The highest BCUT2D eigenvalue weighted by Gasteiger charge is 2.30. The Bertz CT molecular complexity index is 418. The molecule has 6 heteroatoms. The van der Waals surface area contributed by atoms with Crippen LogP contribution in [0.15, 0.2) is 24.3 Å². The number of nitrogens with zero attached hydrogens (tertiary/aromatic N) is 1. The summed E-state index contributed by atoms with van der Waals surface area (Å²) >= 11 is 0. The van der Waals surface area contributed by atoms with Gasteiger partial charge in [-0.05, 0) is 44.1 Å². The van der Waals surface area contributed by atoms with Gasteiger partial charge in [-0.2, -0.15) is 13.2 Å². The van der Waals surface area contributed by atoms with Crippen molar-refractivity contribution in [1.29, 1.82) is 0 Å². The van der Waals surface area contributed by atoms with Gasteiger partial charge in [-0.15, -0.1) is 12.4 Å². The van der Waals surface area contributed by atoms with E-state index < -0.39 is 11.7 Å². The van der Waals surface area contributed by atoms with Crippen LogP contribution >= 0.6 is 12.4 Å². The van der Waals surface area contributed by atoms with Gasteiger partial charge in [-0.3, -0.25) is 4.90 Å². The van der Waals surface area contributed by atoms with E-state index in [2.05, 4.69) is 4.90 Å². The summed E-state index contributed by atoms with van der Waals surface area (Å²) in [6.07, 6.45) is 0.618. The fourth-order valence-corrected chi connectivity index (χ4v) is 2.41. The minimum Gasteiger partial charge on any atom is -0.492 e. The third kappa shape index (κ3) is 6.14. The molecular weight excluding hydrogens is 303 g/mol. The first-order valence-corrected chi connectivity index (χ1v) is 7.08. The third-order valence-corrected chi connectivity index (χ3v) is 3.54. The number of likely N-dealkylation sites (tertiary alicyclic amines) is 1. The zero-order valence-corrected chi connectivity index (χ0v) is 12.7. The predicted molar refractivity (Wildman–Crippen MR) is 79.1 cm³/mol. The molecule has 0 aromatic heterocycles. The molecule has 0 N–H and O–H groups in total. The summed E-state index contributed by atoms with van der Waals surface area (Å²) in [7, 11) is 0. The third-order valence-electron chi connectivity index (χ3n) is 3.54. The van der Waals surface area contributed by atoms with E-state index in [1.54, 1.807) is 6.07 Å². The molecule has 21 heavy (non-hydrogen) atoms. The largest absolute Gasteiger partial charge is 0.492 e. The van der Waals surface area contributed by atoms with E-state index in [4.69, 9.17) is 4.74 Å². The highest BCUT2D eigenvalue weighted by molar-refractivity contribution is 5.85. The van der Waals surface area contributed by atoms with Crippen LogP contribution in [0.1, 0.15) is 31.2 Å². The molecule has 0 aliphatic carbocycles. The van der Waals surface area contributed by atoms with Gasteiger partial charge in [0.15, 0.2) is 0 Å². The molecule has 2 nitrogen and oxygen atoms in total. The molecule has 0 amide bonds. The number of alkyl halides is 3. The summed E-state index contributed by atoms with van der Waals surface area (Å²) in [5.74, 6) is 0.287. The van der Waals surface area contributed by atoms with Crippen molar-refractivity contribution in [3.8, 4) is 5.75 Å². The van der Waals surface area contributed by atoms with Crippen molar-refractivity contribution in [3.05, 3.63) is 29.8 Å². The molecule has 0 spiro atoms. The highest BCUT2D eigenvalue weighted by Crippen LogP contribution is 2.31. The van der Waals surface area contributed by atoms with E-state index >= 15 is 0 Å². The SMILES string of the molecule is Cl.FC(F)(F)c1cccc(OCCN2CCCCCC2)c1. The van der Waals surface area contributed by atoms with E-state index in [9.17, 15) is 13.2 Å². The standard InChI is InChI=1S/C15H20F3NO.ClH/c16-15(17,18)13-6-5-7-14(12-13)20-11-10-19-8-3-1-2-4-9-19;/h5-7,12H,1-4,8-11H2;1H. The molecule has 0 atom stereocenters. The normalized spacial score (nSPS) is 16.9. The quantitative estimate of drug-likeness (QED) is 0.815. The molecule has 0 bridgehead atoms. The average molecular weight is 324 g/mol. The van der Waals surface area contributed by atoms with Crippen molar-refractivity contribution in [2.75, 3.05) is 26.2 Å². The van der Waals surface area contributed by atoms with Crippen molar-refractivity contribution in [2.45, 2.75) is 31.9 Å². The van der Waals surface area contributed by atoms with Gasteiger partial charge in [-0.1, -0.05) is 18.9 Å². The van der Waals surface area contributed by atoms with Crippen LogP contribution < -0.4 is 4.74 Å². The number of rotatable bonds is 4. The summed E-state index contributed by atoms with van der Waals surface area (Å²) in [5.41, 5.74) is -0.662. The Morgan fingerprint density at radius 2 is 1.71 bits per heavy atom. The van der Waals surface area contributed by atoms with Gasteiger partial charge in [0.2, 0.25) is 0 Å². The minimum absolute atomic E-state index is 0. The predicted octanol–water partition coefficient (Wildman–Crippen LogP) is 4.38. The first-order valence-electron chi connectivity index (χ1n) is 7.08. The summed E-state index contributed by atoms with van der Waals surface area (Å²) in [5, 5.41) is 0. The van der Waals surface area contributed by atoms with Crippen molar-refractivity contribution >= 4 is 12.4 Å². The smallest absolute Gasteiger partial charge is 0.416 e. The Kier molecular flexibility index (Phi) is 7.32. The van der Waals surface area contributed by atoms with Gasteiger partial charge in [0, 0.05) is 6.54 Å². The van der Waals surface area contributed by atoms with Gasteiger partial charge in [-0.25, -0.2) is 0 Å². The molecule has 1 heterocycles. The van der Waals surface area contributed by atoms with Crippen molar-refractivity contribution in [3.63, 3.8) is 0 Å². The fraction of sp³-hybridized carbons (Fsp3) is 0.600. The van der Waals surface area contributed by atoms with Gasteiger partial charge < -0.3 is 4.74 Å². The maximum Gasteiger partial charge on any atom is 0.416 e. The second-order valence-electron chi connectivity index (χ2n) is 5.13. The van der Waals surface area contributed by atoms with Crippen molar-refractivity contribution in [2.24, 2.45) is 0 Å². The lowest BCUT2D eigenvalue weighted by Crippen LogP contribution is -2.29. The number of halogens is 4. The first-order chi connectivity index (χ1) is 9.55. The van der Waals surface area contributed by atoms with Gasteiger partial charge >= 0.3 is 6.18 Å². The van der Waals surface area contributed by atoms with Gasteiger partial charge in [0.25, 0.3) is 0 Å². The van der Waals surface area contributed by atoms with Gasteiger partial charge in [0.05, 0.1) is 5.56 Å². The number of hydrogen-bond donors (Lipinski definition) is 0. The lowest BCUT2D eigenvalue weighted by Gasteiger charge is -2.19. The van der Waals surface area contributed by atoms with Crippen LogP contribution in [-0.4, -0.2) is 31.1 Å². The van der Waals surface area contributed by atoms with Crippen LogP contribution in [0.4, 0.5) is 13.2 Å². The molecule has 120 valence electrons. The summed E-state index contributed by atoms with van der Waals surface area (Å²) in [4.78, 5) is 2.32. The van der Waals surface area contributed by atoms with Crippen LogP contribution in [0.5, 0.6) is 5.75 Å². The van der Waals surface area contributed by atoms with E-state index in [-0.39, 0.29) is 18.2 Å². The van der Waals surface area contributed by atoms with E-state index in [1.165, 1.54) is 31.7 Å². The zero-order chi connectivity index (χ0) is 14.4. The average Bonchev–Trinajstić information content (AvgIpc) is 2.67. The molecule has 1 aliphatic heterocycles. The fourth-order valence-electron chi connectivity index (χ4n) is 2.41. The van der Waals surface area contributed by atoms with E-state index in [1.807, 2.05) is 0 Å². The molecule has 1 aromatic carbocycles. The van der Waals surface area contributed by atoms with Crippen molar-refractivity contribution < 1.29 is 17.9 Å².